The second kappa shape index (κ2) is 13.0. The van der Waals surface area contributed by atoms with Crippen LogP contribution in [-0.4, -0.2) is 78.8 Å². The summed E-state index contributed by atoms with van der Waals surface area (Å²) in [5.41, 5.74) is 1.88. The monoisotopic (exact) mass is 492 g/mol. The molecule has 1 saturated carbocycles. The Kier molecular flexibility index (Phi) is 10.4. The Hall–Kier alpha value is -1.48. The Bertz CT molecular complexity index is 810. The van der Waals surface area contributed by atoms with Crippen LogP contribution in [0.5, 0.6) is 5.75 Å². The molecular formula is C26H44N4O3S. The number of aryl methyl sites for hydroxylation is 2. The second-order valence-corrected chi connectivity index (χ2v) is 11.7. The fourth-order valence-electron chi connectivity index (χ4n) is 5.16. The Morgan fingerprint density at radius 1 is 1.09 bits per heavy atom. The van der Waals surface area contributed by atoms with Crippen molar-refractivity contribution in [3.8, 4) is 5.75 Å². The van der Waals surface area contributed by atoms with E-state index in [4.69, 9.17) is 4.74 Å². The Morgan fingerprint density at radius 2 is 1.71 bits per heavy atom. The third-order valence-electron chi connectivity index (χ3n) is 7.41. The molecule has 1 aromatic rings. The quantitative estimate of drug-likeness (QED) is 0.525. The van der Waals surface area contributed by atoms with Crippen LogP contribution < -0.4 is 15.4 Å². The number of rotatable bonds is 10. The summed E-state index contributed by atoms with van der Waals surface area (Å²) in [6, 6.07) is 4.75. The van der Waals surface area contributed by atoms with Gasteiger partial charge < -0.3 is 20.3 Å². The van der Waals surface area contributed by atoms with Crippen LogP contribution in [0.4, 0.5) is 0 Å². The van der Waals surface area contributed by atoms with Crippen molar-refractivity contribution in [3.05, 3.63) is 23.3 Å². The first-order chi connectivity index (χ1) is 16.3. The molecule has 1 atom stereocenters. The van der Waals surface area contributed by atoms with Crippen LogP contribution in [0.25, 0.3) is 0 Å². The van der Waals surface area contributed by atoms with Crippen molar-refractivity contribution in [2.24, 2.45) is 5.92 Å². The summed E-state index contributed by atoms with van der Waals surface area (Å²) < 4.78 is 20.1. The Labute approximate surface area is 208 Å². The van der Waals surface area contributed by atoms with E-state index in [1.54, 1.807) is 11.4 Å². The lowest BCUT2D eigenvalue weighted by molar-refractivity contribution is -0.122. The van der Waals surface area contributed by atoms with Gasteiger partial charge in [0.2, 0.25) is 5.91 Å². The van der Waals surface area contributed by atoms with E-state index in [0.29, 0.717) is 19.0 Å². The number of carbonyl (C=O) groups excluding carboxylic acids is 1. The molecule has 0 aromatic heterocycles. The molecule has 1 heterocycles. The number of hydrogen-bond donors (Lipinski definition) is 2. The molecule has 0 bridgehead atoms. The van der Waals surface area contributed by atoms with Crippen LogP contribution in [0.1, 0.15) is 56.1 Å². The molecule has 0 spiro atoms. The van der Waals surface area contributed by atoms with Crippen molar-refractivity contribution in [1.29, 1.82) is 0 Å². The van der Waals surface area contributed by atoms with Gasteiger partial charge in [-0.1, -0.05) is 0 Å². The smallest absolute Gasteiger partial charge is 0.221 e. The molecule has 7 nitrogen and oxygen atoms in total. The van der Waals surface area contributed by atoms with Crippen LogP contribution >= 0.6 is 0 Å². The van der Waals surface area contributed by atoms with Crippen molar-refractivity contribution in [3.63, 3.8) is 0 Å². The fourth-order valence-corrected chi connectivity index (χ4v) is 6.40. The zero-order valence-corrected chi connectivity index (χ0v) is 22.5. The first kappa shape index (κ1) is 27.1. The van der Waals surface area contributed by atoms with Gasteiger partial charge in [0.1, 0.15) is 16.7 Å². The highest BCUT2D eigenvalue weighted by Crippen LogP contribution is 2.26. The highest BCUT2D eigenvalue weighted by atomic mass is 32.2. The van der Waals surface area contributed by atoms with Crippen molar-refractivity contribution >= 4 is 16.9 Å². The zero-order valence-electron chi connectivity index (χ0n) is 21.7. The van der Waals surface area contributed by atoms with Gasteiger partial charge >= 0.3 is 0 Å². The molecular weight excluding hydrogens is 448 g/mol. The van der Waals surface area contributed by atoms with Gasteiger partial charge in [-0.25, -0.2) is 8.51 Å². The molecule has 34 heavy (non-hydrogen) atoms. The number of ether oxygens (including phenoxy) is 1. The molecule has 2 N–H and O–H groups in total. The average molecular weight is 493 g/mol. The molecule has 1 saturated heterocycles. The molecule has 192 valence electrons. The molecule has 2 aliphatic rings. The van der Waals surface area contributed by atoms with Crippen molar-refractivity contribution in [2.75, 3.05) is 47.4 Å². The van der Waals surface area contributed by atoms with Crippen molar-refractivity contribution < 1.29 is 13.7 Å². The van der Waals surface area contributed by atoms with E-state index in [-0.39, 0.29) is 11.9 Å². The van der Waals surface area contributed by atoms with Crippen LogP contribution in [-0.2, 0) is 15.8 Å². The minimum Gasteiger partial charge on any atom is -0.497 e. The number of hydrogen-bond acceptors (Lipinski definition) is 5. The van der Waals surface area contributed by atoms with Crippen molar-refractivity contribution in [2.45, 2.75) is 75.8 Å². The van der Waals surface area contributed by atoms with Crippen LogP contribution in [0.2, 0.25) is 0 Å². The normalized spacial score (nSPS) is 23.1. The maximum Gasteiger partial charge on any atom is 0.221 e. The topological polar surface area (TPSA) is 73.9 Å². The highest BCUT2D eigenvalue weighted by Gasteiger charge is 2.24. The summed E-state index contributed by atoms with van der Waals surface area (Å²) in [6.07, 6.45) is 7.30. The Balaban J connectivity index is 1.35. The SMILES string of the molecule is COc1cc(C)c(S(=O)N(C)CCC(=O)NC2CCC(CNC3CCN(C)CC3)CC2)c(C)c1. The van der Waals surface area contributed by atoms with Gasteiger partial charge in [-0.15, -0.1) is 0 Å². The standard InChI is InChI=1S/C26H44N4O3S/c1-19-16-24(33-5)17-20(2)26(19)34(32)30(4)15-12-25(31)28-23-8-6-21(7-9-23)18-27-22-10-13-29(3)14-11-22/h16-17,21-23,27H,6-15,18H2,1-5H3,(H,28,31). The summed E-state index contributed by atoms with van der Waals surface area (Å²) >= 11 is 0. The van der Waals surface area contributed by atoms with E-state index in [9.17, 15) is 9.00 Å². The largest absolute Gasteiger partial charge is 0.497 e. The van der Waals surface area contributed by atoms with Gasteiger partial charge in [0, 0.05) is 32.1 Å². The molecule has 1 aliphatic carbocycles. The third-order valence-corrected chi connectivity index (χ3v) is 9.15. The van der Waals surface area contributed by atoms with E-state index in [0.717, 1.165) is 47.1 Å². The van der Waals surface area contributed by atoms with E-state index >= 15 is 0 Å². The summed E-state index contributed by atoms with van der Waals surface area (Å²) in [7, 11) is 4.34. The van der Waals surface area contributed by atoms with Gasteiger partial charge in [-0.3, -0.25) is 4.79 Å². The van der Waals surface area contributed by atoms with E-state index in [2.05, 4.69) is 22.6 Å². The average Bonchev–Trinajstić information content (AvgIpc) is 2.82. The van der Waals surface area contributed by atoms with E-state index < -0.39 is 11.0 Å². The molecule has 1 aromatic carbocycles. The van der Waals surface area contributed by atoms with E-state index in [1.165, 1.54) is 38.8 Å². The number of carbonyl (C=O) groups is 1. The lowest BCUT2D eigenvalue weighted by Gasteiger charge is -2.33. The molecule has 2 fully saturated rings. The summed E-state index contributed by atoms with van der Waals surface area (Å²) in [6.45, 7) is 7.85. The zero-order chi connectivity index (χ0) is 24.7. The summed E-state index contributed by atoms with van der Waals surface area (Å²) in [5, 5.41) is 7.00. The van der Waals surface area contributed by atoms with Gasteiger partial charge in [-0.2, -0.15) is 0 Å². The predicted octanol–water partition coefficient (Wildman–Crippen LogP) is 3.02. The fraction of sp³-hybridized carbons (Fsp3) is 0.731. The summed E-state index contributed by atoms with van der Waals surface area (Å²) in [5.74, 6) is 1.54. The molecule has 1 amide bonds. The van der Waals surface area contributed by atoms with Gasteiger partial charge in [0.25, 0.3) is 0 Å². The third kappa shape index (κ3) is 7.77. The van der Waals surface area contributed by atoms with Gasteiger partial charge in [-0.05, 0) is 108 Å². The molecule has 1 aliphatic heterocycles. The molecule has 0 radical (unpaired) electrons. The minimum atomic E-state index is -1.31. The highest BCUT2D eigenvalue weighted by molar-refractivity contribution is 7.82. The lowest BCUT2D eigenvalue weighted by atomic mass is 9.85. The number of methoxy groups -OCH3 is 1. The number of benzene rings is 1. The molecule has 3 rings (SSSR count). The lowest BCUT2D eigenvalue weighted by Crippen LogP contribution is -2.44. The maximum atomic E-state index is 13.1. The van der Waals surface area contributed by atoms with Crippen LogP contribution in [0, 0.1) is 19.8 Å². The number of likely N-dealkylation sites (tertiary alicyclic amines) is 1. The Morgan fingerprint density at radius 3 is 2.29 bits per heavy atom. The first-order valence-electron chi connectivity index (χ1n) is 12.8. The maximum absolute atomic E-state index is 13.1. The number of nitrogens with zero attached hydrogens (tertiary/aromatic N) is 2. The predicted molar refractivity (Wildman–Crippen MR) is 139 cm³/mol. The van der Waals surface area contributed by atoms with Crippen LogP contribution in [0.3, 0.4) is 0 Å². The van der Waals surface area contributed by atoms with Gasteiger partial charge in [0.15, 0.2) is 0 Å². The molecule has 8 heteroatoms. The minimum absolute atomic E-state index is 0.0555. The van der Waals surface area contributed by atoms with E-state index in [1.807, 2.05) is 33.0 Å². The van der Waals surface area contributed by atoms with Crippen molar-refractivity contribution in [1.82, 2.24) is 19.8 Å². The van der Waals surface area contributed by atoms with Crippen LogP contribution in [0.15, 0.2) is 17.0 Å². The summed E-state index contributed by atoms with van der Waals surface area (Å²) in [4.78, 5) is 15.8. The molecule has 1 unspecified atom stereocenters. The van der Waals surface area contributed by atoms with Gasteiger partial charge in [0.05, 0.1) is 12.0 Å². The first-order valence-corrected chi connectivity index (χ1v) is 13.9. The second-order valence-electron chi connectivity index (χ2n) is 10.2. The number of amides is 1. The number of nitrogens with one attached hydrogen (secondary N) is 2. The number of piperidine rings is 1.